The number of oxime groups is 2. The summed E-state index contributed by atoms with van der Waals surface area (Å²) in [5.41, 5.74) is 4.11. The number of hydrogen-bond donors (Lipinski definition) is 0. The quantitative estimate of drug-likeness (QED) is 0.182. The molecule has 0 aromatic heterocycles. The van der Waals surface area contributed by atoms with Gasteiger partial charge >= 0.3 is 0 Å². The second-order valence-electron chi connectivity index (χ2n) is 14.5. The Labute approximate surface area is 227 Å². The zero-order chi connectivity index (χ0) is 27.2. The summed E-state index contributed by atoms with van der Waals surface area (Å²) in [6.45, 7) is 19.5. The topological polar surface area (TPSA) is 61.6 Å². The van der Waals surface area contributed by atoms with Gasteiger partial charge in [-0.05, 0) is 119 Å². The SMILES string of the molecule is CO/N=C1\C=C2CC[C@@H]3[C@H]([C@@H](O[Si](C)(C)C)C[C@]4(C)[C@@H](/C(CO[Si](C)(C)C)=N\OC)CC[C@@H]34)[C@@]2(C)CC1. The molecule has 0 aliphatic heterocycles. The summed E-state index contributed by atoms with van der Waals surface area (Å²) in [4.78, 5) is 10.6. The minimum atomic E-state index is -1.76. The molecule has 7 atom stereocenters. The second kappa shape index (κ2) is 10.5. The second-order valence-corrected chi connectivity index (χ2v) is 23.4. The summed E-state index contributed by atoms with van der Waals surface area (Å²) in [6.07, 6.45) is 10.7. The van der Waals surface area contributed by atoms with E-state index in [-0.39, 0.29) is 16.9 Å². The summed E-state index contributed by atoms with van der Waals surface area (Å²) in [5, 5.41) is 8.92. The van der Waals surface area contributed by atoms with Gasteiger partial charge in [0.2, 0.25) is 0 Å². The van der Waals surface area contributed by atoms with Gasteiger partial charge in [-0.2, -0.15) is 0 Å². The Morgan fingerprint density at radius 3 is 2.32 bits per heavy atom. The van der Waals surface area contributed by atoms with Gasteiger partial charge in [-0.3, -0.25) is 0 Å². The number of allylic oxidation sites excluding steroid dienone is 2. The third-order valence-electron chi connectivity index (χ3n) is 9.86. The standard InChI is InChI=1S/C29H52N2O4Si2/c1-28-16-15-21(30-32-3)17-20(28)11-12-22-23-13-14-24(25(31-33-4)19-34-36(5,6)7)29(23,2)18-26(27(22)28)35-37(8,9)10/h17,22-24,26-27H,11-16,18-19H2,1-10H3/b30-21-,31-25-/t22-,23-,24+,26-,27+,28-,29-/m0/s1. The van der Waals surface area contributed by atoms with E-state index in [0.29, 0.717) is 30.3 Å². The minimum Gasteiger partial charge on any atom is -0.414 e. The Morgan fingerprint density at radius 2 is 1.70 bits per heavy atom. The van der Waals surface area contributed by atoms with E-state index in [9.17, 15) is 0 Å². The molecule has 0 saturated heterocycles. The van der Waals surface area contributed by atoms with Crippen LogP contribution in [0.5, 0.6) is 0 Å². The summed E-state index contributed by atoms with van der Waals surface area (Å²) in [5.74, 6) is 2.31. The summed E-state index contributed by atoms with van der Waals surface area (Å²) >= 11 is 0. The van der Waals surface area contributed by atoms with Crippen LogP contribution in [0.4, 0.5) is 0 Å². The lowest BCUT2D eigenvalue weighted by atomic mass is 9.46. The van der Waals surface area contributed by atoms with Crippen LogP contribution in [0.1, 0.15) is 58.8 Å². The first-order chi connectivity index (χ1) is 17.2. The van der Waals surface area contributed by atoms with Crippen molar-refractivity contribution in [3.63, 3.8) is 0 Å². The Hall–Kier alpha value is -0.966. The van der Waals surface area contributed by atoms with E-state index < -0.39 is 16.6 Å². The van der Waals surface area contributed by atoms with E-state index in [4.69, 9.17) is 18.5 Å². The average molecular weight is 549 g/mol. The predicted molar refractivity (Wildman–Crippen MR) is 157 cm³/mol. The number of nitrogens with zero attached hydrogens (tertiary/aromatic N) is 2. The molecule has 0 aromatic rings. The number of fused-ring (bicyclic) bond motifs is 5. The van der Waals surface area contributed by atoms with Crippen LogP contribution < -0.4 is 0 Å². The van der Waals surface area contributed by atoms with Crippen molar-refractivity contribution >= 4 is 28.1 Å². The largest absolute Gasteiger partial charge is 0.414 e. The van der Waals surface area contributed by atoms with E-state index in [1.54, 1.807) is 19.8 Å². The molecule has 4 aliphatic rings. The normalized spacial score (nSPS) is 39.5. The van der Waals surface area contributed by atoms with Crippen molar-refractivity contribution in [1.82, 2.24) is 0 Å². The van der Waals surface area contributed by atoms with Crippen LogP contribution in [0.15, 0.2) is 22.0 Å². The van der Waals surface area contributed by atoms with E-state index in [1.807, 2.05) is 0 Å². The lowest BCUT2D eigenvalue weighted by Gasteiger charge is -2.61. The molecule has 0 bridgehead atoms. The lowest BCUT2D eigenvalue weighted by Crippen LogP contribution is -2.59. The summed E-state index contributed by atoms with van der Waals surface area (Å²) < 4.78 is 13.6. The van der Waals surface area contributed by atoms with Crippen LogP contribution >= 0.6 is 0 Å². The van der Waals surface area contributed by atoms with Crippen LogP contribution in [0.25, 0.3) is 0 Å². The molecular formula is C29H52N2O4Si2. The Kier molecular flexibility index (Phi) is 8.27. The molecule has 8 heteroatoms. The van der Waals surface area contributed by atoms with Gasteiger partial charge in [0.15, 0.2) is 16.6 Å². The molecule has 0 heterocycles. The predicted octanol–water partition coefficient (Wildman–Crippen LogP) is 7.25. The van der Waals surface area contributed by atoms with E-state index in [1.165, 1.54) is 19.3 Å². The maximum atomic E-state index is 7.17. The first-order valence-corrected chi connectivity index (χ1v) is 21.3. The minimum absolute atomic E-state index is 0.153. The lowest BCUT2D eigenvalue weighted by molar-refractivity contribution is -0.114. The highest BCUT2D eigenvalue weighted by molar-refractivity contribution is 6.70. The van der Waals surface area contributed by atoms with Crippen LogP contribution in [0.3, 0.4) is 0 Å². The van der Waals surface area contributed by atoms with Gasteiger partial charge in [0.05, 0.1) is 18.0 Å². The fraction of sp³-hybridized carbons (Fsp3) is 0.862. The van der Waals surface area contributed by atoms with Crippen LogP contribution in [-0.4, -0.2) is 55.0 Å². The Balaban J connectivity index is 1.71. The third kappa shape index (κ3) is 5.82. The van der Waals surface area contributed by atoms with Gasteiger partial charge in [-0.25, -0.2) is 0 Å². The van der Waals surface area contributed by atoms with Crippen LogP contribution in [0, 0.1) is 34.5 Å². The molecule has 37 heavy (non-hydrogen) atoms. The van der Waals surface area contributed by atoms with Crippen molar-refractivity contribution in [3.05, 3.63) is 11.6 Å². The average Bonchev–Trinajstić information content (AvgIpc) is 3.11. The molecule has 3 saturated carbocycles. The molecule has 4 rings (SSSR count). The Morgan fingerprint density at radius 1 is 0.973 bits per heavy atom. The first-order valence-electron chi connectivity index (χ1n) is 14.4. The highest BCUT2D eigenvalue weighted by atomic mass is 28.4. The van der Waals surface area contributed by atoms with Crippen molar-refractivity contribution in [2.75, 3.05) is 20.8 Å². The van der Waals surface area contributed by atoms with Crippen LogP contribution in [-0.2, 0) is 18.5 Å². The fourth-order valence-electron chi connectivity index (χ4n) is 8.56. The molecule has 210 valence electrons. The van der Waals surface area contributed by atoms with Crippen LogP contribution in [0.2, 0.25) is 39.3 Å². The molecule has 0 spiro atoms. The monoisotopic (exact) mass is 548 g/mol. The molecule has 3 fully saturated rings. The maximum Gasteiger partial charge on any atom is 0.184 e. The number of rotatable bonds is 8. The van der Waals surface area contributed by atoms with E-state index in [0.717, 1.165) is 37.1 Å². The fourth-order valence-corrected chi connectivity index (χ4v) is 10.3. The van der Waals surface area contributed by atoms with Crippen molar-refractivity contribution in [2.24, 2.45) is 44.8 Å². The van der Waals surface area contributed by atoms with Crippen molar-refractivity contribution < 1.29 is 18.5 Å². The van der Waals surface area contributed by atoms with E-state index >= 15 is 0 Å². The van der Waals surface area contributed by atoms with Gasteiger partial charge in [-0.1, -0.05) is 29.7 Å². The molecule has 4 aliphatic carbocycles. The number of hydrogen-bond acceptors (Lipinski definition) is 6. The molecular weight excluding hydrogens is 497 g/mol. The first kappa shape index (κ1) is 29.0. The zero-order valence-electron chi connectivity index (χ0n) is 25.1. The summed E-state index contributed by atoms with van der Waals surface area (Å²) in [6, 6.07) is 0. The van der Waals surface area contributed by atoms with Gasteiger partial charge in [0.25, 0.3) is 0 Å². The van der Waals surface area contributed by atoms with Gasteiger partial charge in [0.1, 0.15) is 14.2 Å². The smallest absolute Gasteiger partial charge is 0.184 e. The molecule has 6 nitrogen and oxygen atoms in total. The summed E-state index contributed by atoms with van der Waals surface area (Å²) in [7, 11) is -0.0849. The molecule has 0 unspecified atom stereocenters. The third-order valence-corrected chi connectivity index (χ3v) is 11.9. The van der Waals surface area contributed by atoms with Crippen molar-refractivity contribution in [3.8, 4) is 0 Å². The van der Waals surface area contributed by atoms with Crippen molar-refractivity contribution in [1.29, 1.82) is 0 Å². The Bertz CT molecular complexity index is 937. The molecule has 0 radical (unpaired) electrons. The molecule has 0 amide bonds. The molecule has 0 N–H and O–H groups in total. The van der Waals surface area contributed by atoms with Gasteiger partial charge in [0, 0.05) is 12.0 Å². The van der Waals surface area contributed by atoms with Gasteiger partial charge < -0.3 is 18.5 Å². The maximum absolute atomic E-state index is 7.17. The van der Waals surface area contributed by atoms with E-state index in [2.05, 4.69) is 69.5 Å². The van der Waals surface area contributed by atoms with Crippen molar-refractivity contribution in [2.45, 2.75) is 104 Å². The highest BCUT2D eigenvalue weighted by Gasteiger charge is 2.63. The zero-order valence-corrected chi connectivity index (χ0v) is 27.1. The van der Waals surface area contributed by atoms with Gasteiger partial charge in [-0.15, -0.1) is 0 Å². The highest BCUT2D eigenvalue weighted by Crippen LogP contribution is 2.67. The molecule has 0 aromatic carbocycles.